The van der Waals surface area contributed by atoms with E-state index in [9.17, 15) is 0 Å². The van der Waals surface area contributed by atoms with Gasteiger partial charge in [-0.1, -0.05) is 19.8 Å². The van der Waals surface area contributed by atoms with E-state index in [1.54, 1.807) is 0 Å². The third-order valence-corrected chi connectivity index (χ3v) is 7.63. The molecule has 3 aromatic heterocycles. The number of thiophene rings is 1. The van der Waals surface area contributed by atoms with Crippen molar-refractivity contribution in [3.63, 3.8) is 0 Å². The van der Waals surface area contributed by atoms with Gasteiger partial charge in [-0.3, -0.25) is 0 Å². The number of aromatic nitrogens is 3. The molecule has 1 aliphatic carbocycles. The van der Waals surface area contributed by atoms with Gasteiger partial charge in [0.15, 0.2) is 0 Å². The summed E-state index contributed by atoms with van der Waals surface area (Å²) in [5.41, 5.74) is 3.77. The van der Waals surface area contributed by atoms with Gasteiger partial charge in [-0.05, 0) is 49.9 Å². The van der Waals surface area contributed by atoms with E-state index in [2.05, 4.69) is 45.0 Å². The molecule has 1 saturated carbocycles. The monoisotopic (exact) mass is 422 g/mol. The van der Waals surface area contributed by atoms with Crippen molar-refractivity contribution in [2.45, 2.75) is 45.4 Å². The number of likely N-dealkylation sites (N-methyl/N-ethyl adjacent to an activating group) is 1. The number of nitrogens with zero attached hydrogens (tertiary/aromatic N) is 5. The molecule has 4 heterocycles. The Morgan fingerprint density at radius 3 is 2.57 bits per heavy atom. The molecule has 0 amide bonds. The van der Waals surface area contributed by atoms with E-state index in [1.807, 2.05) is 29.8 Å². The largest absolute Gasteiger partial charge is 0.368 e. The molecule has 0 atom stereocenters. The molecule has 3 aromatic rings. The molecule has 7 heteroatoms. The second kappa shape index (κ2) is 8.47. The van der Waals surface area contributed by atoms with Crippen molar-refractivity contribution in [2.75, 3.05) is 42.9 Å². The van der Waals surface area contributed by atoms with Crippen LogP contribution in [0.2, 0.25) is 0 Å². The van der Waals surface area contributed by atoms with Gasteiger partial charge in [-0.25, -0.2) is 15.0 Å². The van der Waals surface area contributed by atoms with Gasteiger partial charge in [0.25, 0.3) is 0 Å². The van der Waals surface area contributed by atoms with Crippen molar-refractivity contribution in [3.05, 3.63) is 35.0 Å². The molecule has 2 aliphatic rings. The zero-order valence-electron chi connectivity index (χ0n) is 17.9. The lowest BCUT2D eigenvalue weighted by Crippen LogP contribution is -2.46. The standard InChI is InChI=1S/C23H30N6S/c1-3-28-10-12-29(13-11-28)18-8-9-20(24-14-18)26-23-25-15-19-22(27-23)21(16(2)30-19)17-6-4-5-7-17/h8-9,14-15,17H,3-7,10-13H2,1-2H3,(H,24,25,26,27). The maximum atomic E-state index is 4.90. The smallest absolute Gasteiger partial charge is 0.228 e. The highest BCUT2D eigenvalue weighted by molar-refractivity contribution is 7.19. The Hall–Kier alpha value is -2.25. The summed E-state index contributed by atoms with van der Waals surface area (Å²) in [6.45, 7) is 9.94. The highest BCUT2D eigenvalue weighted by Crippen LogP contribution is 2.42. The first-order valence-electron chi connectivity index (χ1n) is 11.2. The van der Waals surface area contributed by atoms with Crippen LogP contribution in [0.25, 0.3) is 10.2 Å². The molecule has 5 rings (SSSR count). The third kappa shape index (κ3) is 3.88. The fourth-order valence-electron chi connectivity index (χ4n) is 4.86. The third-order valence-electron chi connectivity index (χ3n) is 6.59. The summed E-state index contributed by atoms with van der Waals surface area (Å²) in [5.74, 6) is 2.09. The van der Waals surface area contributed by atoms with Crippen molar-refractivity contribution in [1.82, 2.24) is 19.9 Å². The van der Waals surface area contributed by atoms with Gasteiger partial charge in [-0.15, -0.1) is 11.3 Å². The predicted octanol–water partition coefficient (Wildman–Crippen LogP) is 4.94. The molecule has 0 spiro atoms. The van der Waals surface area contributed by atoms with Gasteiger partial charge >= 0.3 is 0 Å². The lowest BCUT2D eigenvalue weighted by Gasteiger charge is -2.35. The maximum Gasteiger partial charge on any atom is 0.228 e. The van der Waals surface area contributed by atoms with E-state index in [-0.39, 0.29) is 0 Å². The zero-order chi connectivity index (χ0) is 20.5. The van der Waals surface area contributed by atoms with Crippen LogP contribution >= 0.6 is 11.3 Å². The number of hydrogen-bond acceptors (Lipinski definition) is 7. The summed E-state index contributed by atoms with van der Waals surface area (Å²) in [4.78, 5) is 20.4. The number of nitrogens with one attached hydrogen (secondary N) is 1. The van der Waals surface area contributed by atoms with Gasteiger partial charge in [0.2, 0.25) is 5.95 Å². The van der Waals surface area contributed by atoms with Crippen LogP contribution in [-0.4, -0.2) is 52.6 Å². The van der Waals surface area contributed by atoms with Crippen LogP contribution in [0.1, 0.15) is 49.0 Å². The van der Waals surface area contributed by atoms with Crippen molar-refractivity contribution >= 4 is 39.0 Å². The lowest BCUT2D eigenvalue weighted by molar-refractivity contribution is 0.271. The Kier molecular flexibility index (Phi) is 5.56. The summed E-state index contributed by atoms with van der Waals surface area (Å²) in [7, 11) is 0. The minimum Gasteiger partial charge on any atom is -0.368 e. The molecule has 6 nitrogen and oxygen atoms in total. The first-order valence-corrected chi connectivity index (χ1v) is 12.0. The molecule has 0 aromatic carbocycles. The molecule has 158 valence electrons. The first-order chi connectivity index (χ1) is 14.7. The average molecular weight is 423 g/mol. The van der Waals surface area contributed by atoms with E-state index in [4.69, 9.17) is 4.98 Å². The molecule has 2 fully saturated rings. The number of pyridine rings is 1. The Bertz CT molecular complexity index is 1000. The molecular formula is C23H30N6S. The van der Waals surface area contributed by atoms with Gasteiger partial charge in [0.05, 0.1) is 28.3 Å². The van der Waals surface area contributed by atoms with Crippen LogP contribution < -0.4 is 10.2 Å². The van der Waals surface area contributed by atoms with Crippen LogP contribution in [0, 0.1) is 6.92 Å². The Morgan fingerprint density at radius 1 is 1.07 bits per heavy atom. The first kappa shape index (κ1) is 19.7. The minimum absolute atomic E-state index is 0.636. The van der Waals surface area contributed by atoms with E-state index in [0.29, 0.717) is 11.9 Å². The second-order valence-corrected chi connectivity index (χ2v) is 9.66. The van der Waals surface area contributed by atoms with Crippen LogP contribution in [0.15, 0.2) is 24.5 Å². The summed E-state index contributed by atoms with van der Waals surface area (Å²) < 4.78 is 1.19. The molecule has 0 unspecified atom stereocenters. The van der Waals surface area contributed by atoms with Crippen molar-refractivity contribution in [2.24, 2.45) is 0 Å². The van der Waals surface area contributed by atoms with Gasteiger partial charge < -0.3 is 15.1 Å². The van der Waals surface area contributed by atoms with Gasteiger partial charge in [0.1, 0.15) is 5.82 Å². The van der Waals surface area contributed by atoms with Gasteiger partial charge in [-0.2, -0.15) is 0 Å². The van der Waals surface area contributed by atoms with E-state index < -0.39 is 0 Å². The summed E-state index contributed by atoms with van der Waals surface area (Å²) in [5, 5.41) is 3.31. The number of rotatable bonds is 5. The fraction of sp³-hybridized carbons (Fsp3) is 0.522. The minimum atomic E-state index is 0.636. The Balaban J connectivity index is 1.32. The molecule has 30 heavy (non-hydrogen) atoms. The molecule has 1 saturated heterocycles. The Labute approximate surface area is 182 Å². The zero-order valence-corrected chi connectivity index (χ0v) is 18.7. The van der Waals surface area contributed by atoms with Crippen molar-refractivity contribution in [1.29, 1.82) is 0 Å². The van der Waals surface area contributed by atoms with Gasteiger partial charge in [0, 0.05) is 31.1 Å². The topological polar surface area (TPSA) is 57.2 Å². The highest BCUT2D eigenvalue weighted by Gasteiger charge is 2.24. The van der Waals surface area contributed by atoms with Crippen LogP contribution in [0.3, 0.4) is 0 Å². The number of fused-ring (bicyclic) bond motifs is 1. The predicted molar refractivity (Wildman–Crippen MR) is 125 cm³/mol. The second-order valence-electron chi connectivity index (χ2n) is 8.41. The van der Waals surface area contributed by atoms with Crippen LogP contribution in [0.5, 0.6) is 0 Å². The summed E-state index contributed by atoms with van der Waals surface area (Å²) in [6.07, 6.45) is 9.16. The summed E-state index contributed by atoms with van der Waals surface area (Å²) in [6, 6.07) is 4.18. The number of aryl methyl sites for hydroxylation is 1. The highest BCUT2D eigenvalue weighted by atomic mass is 32.1. The Morgan fingerprint density at radius 2 is 1.87 bits per heavy atom. The van der Waals surface area contributed by atoms with Crippen LogP contribution in [0.4, 0.5) is 17.5 Å². The quantitative estimate of drug-likeness (QED) is 0.629. The molecule has 0 radical (unpaired) electrons. The molecule has 1 N–H and O–H groups in total. The van der Waals surface area contributed by atoms with E-state index in [0.717, 1.165) is 44.1 Å². The van der Waals surface area contributed by atoms with Crippen molar-refractivity contribution in [3.8, 4) is 0 Å². The van der Waals surface area contributed by atoms with E-state index >= 15 is 0 Å². The molecular weight excluding hydrogens is 392 g/mol. The fourth-order valence-corrected chi connectivity index (χ4v) is 5.93. The average Bonchev–Trinajstić information content (AvgIpc) is 3.41. The summed E-state index contributed by atoms with van der Waals surface area (Å²) >= 11 is 1.82. The SMILES string of the molecule is CCN1CCN(c2ccc(Nc3ncc4sc(C)c(C5CCCC5)c4n3)nc2)CC1. The number of hydrogen-bond donors (Lipinski definition) is 1. The van der Waals surface area contributed by atoms with Crippen molar-refractivity contribution < 1.29 is 0 Å². The molecule has 0 bridgehead atoms. The number of anilines is 3. The number of piperazine rings is 1. The maximum absolute atomic E-state index is 4.90. The lowest BCUT2D eigenvalue weighted by atomic mass is 9.97. The van der Waals surface area contributed by atoms with E-state index in [1.165, 1.54) is 46.5 Å². The van der Waals surface area contributed by atoms with Crippen LogP contribution in [-0.2, 0) is 0 Å². The normalized spacial score (nSPS) is 18.4. The molecule has 1 aliphatic heterocycles.